The molecule has 0 aliphatic carbocycles. The number of rotatable bonds is 3. The molecule has 20 heavy (non-hydrogen) atoms. The number of pyridine rings is 1. The average molecular weight is 305 g/mol. The maximum absolute atomic E-state index is 12.0. The Balaban J connectivity index is 0.00000200. The number of aromatic nitrogens is 1. The van der Waals surface area contributed by atoms with Crippen LogP contribution in [0, 0.1) is 0 Å². The van der Waals surface area contributed by atoms with Crippen LogP contribution in [-0.2, 0) is 0 Å². The number of nitrogens with two attached hydrogens (primary N) is 1. The van der Waals surface area contributed by atoms with Gasteiger partial charge in [-0.2, -0.15) is 0 Å². The lowest BCUT2D eigenvalue weighted by Crippen LogP contribution is -2.17. The van der Waals surface area contributed by atoms with Crippen LogP contribution in [0.4, 0.5) is 13.2 Å². The van der Waals surface area contributed by atoms with E-state index < -0.39 is 12.4 Å². The van der Waals surface area contributed by atoms with Crippen LogP contribution in [0.3, 0.4) is 0 Å². The summed E-state index contributed by atoms with van der Waals surface area (Å²) in [7, 11) is 0. The van der Waals surface area contributed by atoms with Crippen LogP contribution in [0.15, 0.2) is 48.8 Å². The molecule has 2 aromatic rings. The summed E-state index contributed by atoms with van der Waals surface area (Å²) in [6.07, 6.45) is -1.45. The Hall–Kier alpha value is -1.79. The quantitative estimate of drug-likeness (QED) is 0.945. The summed E-state index contributed by atoms with van der Waals surface area (Å²) in [6, 6.07) is 8.58. The SMILES string of the molecule is Cl.N[C@@H](c1ccc(OC(F)(F)F)cc1)c1cccnc1. The Labute approximate surface area is 120 Å². The zero-order valence-corrected chi connectivity index (χ0v) is 11.0. The second kappa shape index (κ2) is 6.58. The third kappa shape index (κ3) is 4.40. The first kappa shape index (κ1) is 16.3. The molecule has 1 aromatic carbocycles. The second-order valence-electron chi connectivity index (χ2n) is 3.88. The predicted octanol–water partition coefficient (Wildman–Crippen LogP) is 3.45. The molecule has 0 radical (unpaired) electrons. The monoisotopic (exact) mass is 304 g/mol. The topological polar surface area (TPSA) is 48.1 Å². The van der Waals surface area contributed by atoms with Crippen molar-refractivity contribution < 1.29 is 17.9 Å². The molecule has 1 aromatic heterocycles. The molecule has 0 aliphatic heterocycles. The van der Waals surface area contributed by atoms with Gasteiger partial charge in [0.1, 0.15) is 5.75 Å². The molecule has 0 saturated carbocycles. The number of nitrogens with zero attached hydrogens (tertiary/aromatic N) is 1. The van der Waals surface area contributed by atoms with Gasteiger partial charge in [0.05, 0.1) is 6.04 Å². The molecule has 1 atom stereocenters. The van der Waals surface area contributed by atoms with Crippen LogP contribution in [0.25, 0.3) is 0 Å². The molecule has 7 heteroatoms. The highest BCUT2D eigenvalue weighted by molar-refractivity contribution is 5.85. The van der Waals surface area contributed by atoms with Gasteiger partial charge in [0.2, 0.25) is 0 Å². The van der Waals surface area contributed by atoms with Gasteiger partial charge in [-0.05, 0) is 29.3 Å². The molecule has 0 amide bonds. The van der Waals surface area contributed by atoms with E-state index in [9.17, 15) is 13.2 Å². The van der Waals surface area contributed by atoms with Crippen LogP contribution in [-0.4, -0.2) is 11.3 Å². The van der Waals surface area contributed by atoms with E-state index in [0.29, 0.717) is 5.56 Å². The van der Waals surface area contributed by atoms with Crippen molar-refractivity contribution >= 4 is 12.4 Å². The summed E-state index contributed by atoms with van der Waals surface area (Å²) in [5.74, 6) is -0.269. The van der Waals surface area contributed by atoms with E-state index in [1.54, 1.807) is 24.5 Å². The third-order valence-electron chi connectivity index (χ3n) is 2.52. The molecule has 0 saturated heterocycles. The standard InChI is InChI=1S/C13H11F3N2O.ClH/c14-13(15,16)19-11-5-3-9(4-6-11)12(17)10-2-1-7-18-8-10;/h1-8,12H,17H2;1H/t12-;/m0./s1. The van der Waals surface area contributed by atoms with E-state index in [4.69, 9.17) is 5.73 Å². The highest BCUT2D eigenvalue weighted by Crippen LogP contribution is 2.25. The van der Waals surface area contributed by atoms with Gasteiger partial charge < -0.3 is 10.5 Å². The summed E-state index contributed by atoms with van der Waals surface area (Å²) in [4.78, 5) is 3.94. The highest BCUT2D eigenvalue weighted by atomic mass is 35.5. The lowest BCUT2D eigenvalue weighted by molar-refractivity contribution is -0.274. The number of benzene rings is 1. The smallest absolute Gasteiger partial charge is 0.406 e. The van der Waals surface area contributed by atoms with Crippen LogP contribution in [0.2, 0.25) is 0 Å². The number of hydrogen-bond donors (Lipinski definition) is 1. The van der Waals surface area contributed by atoms with Gasteiger partial charge in [-0.3, -0.25) is 4.98 Å². The van der Waals surface area contributed by atoms with E-state index in [0.717, 1.165) is 5.56 Å². The molecule has 2 N–H and O–H groups in total. The Bertz CT molecular complexity index is 532. The second-order valence-corrected chi connectivity index (χ2v) is 3.88. The van der Waals surface area contributed by atoms with Gasteiger partial charge in [0, 0.05) is 12.4 Å². The largest absolute Gasteiger partial charge is 0.573 e. The van der Waals surface area contributed by atoms with Crippen molar-refractivity contribution in [3.8, 4) is 5.75 Å². The fourth-order valence-electron chi connectivity index (χ4n) is 1.63. The van der Waals surface area contributed by atoms with Crippen molar-refractivity contribution in [1.29, 1.82) is 0 Å². The van der Waals surface area contributed by atoms with E-state index in [-0.39, 0.29) is 18.2 Å². The van der Waals surface area contributed by atoms with Crippen LogP contribution in [0.5, 0.6) is 5.75 Å². The van der Waals surface area contributed by atoms with E-state index in [1.807, 2.05) is 0 Å². The van der Waals surface area contributed by atoms with E-state index in [2.05, 4.69) is 9.72 Å². The Morgan fingerprint density at radius 1 is 1.05 bits per heavy atom. The van der Waals surface area contributed by atoms with Gasteiger partial charge in [0.25, 0.3) is 0 Å². The molecule has 1 heterocycles. The molecule has 0 fully saturated rings. The molecule has 0 aliphatic rings. The van der Waals surface area contributed by atoms with Gasteiger partial charge in [-0.25, -0.2) is 0 Å². The molecule has 2 rings (SSSR count). The van der Waals surface area contributed by atoms with Crippen molar-refractivity contribution in [3.05, 3.63) is 59.9 Å². The number of halogens is 4. The maximum Gasteiger partial charge on any atom is 0.573 e. The number of ether oxygens (including phenoxy) is 1. The van der Waals surface area contributed by atoms with Crippen molar-refractivity contribution in [2.24, 2.45) is 5.73 Å². The van der Waals surface area contributed by atoms with Crippen LogP contribution in [0.1, 0.15) is 17.2 Å². The number of alkyl halides is 3. The minimum atomic E-state index is -4.69. The van der Waals surface area contributed by atoms with Gasteiger partial charge >= 0.3 is 6.36 Å². The van der Waals surface area contributed by atoms with E-state index in [1.165, 1.54) is 24.3 Å². The van der Waals surface area contributed by atoms with Crippen molar-refractivity contribution in [3.63, 3.8) is 0 Å². The molecular weight excluding hydrogens is 293 g/mol. The molecular formula is C13H12ClF3N2O. The van der Waals surface area contributed by atoms with Crippen molar-refractivity contribution in [2.75, 3.05) is 0 Å². The molecule has 0 unspecified atom stereocenters. The first-order valence-electron chi connectivity index (χ1n) is 5.47. The van der Waals surface area contributed by atoms with Gasteiger partial charge in [0.15, 0.2) is 0 Å². The maximum atomic E-state index is 12.0. The third-order valence-corrected chi connectivity index (χ3v) is 2.52. The zero-order chi connectivity index (χ0) is 13.9. The first-order valence-corrected chi connectivity index (χ1v) is 5.47. The molecule has 108 valence electrons. The minimum Gasteiger partial charge on any atom is -0.406 e. The summed E-state index contributed by atoms with van der Waals surface area (Å²) in [5, 5.41) is 0. The normalized spacial score (nSPS) is 12.4. The molecule has 0 bridgehead atoms. The summed E-state index contributed by atoms with van der Waals surface area (Å²) < 4.78 is 39.8. The van der Waals surface area contributed by atoms with Crippen molar-refractivity contribution in [1.82, 2.24) is 4.98 Å². The predicted molar refractivity (Wildman–Crippen MR) is 70.6 cm³/mol. The minimum absolute atomic E-state index is 0. The van der Waals surface area contributed by atoms with Gasteiger partial charge in [-0.15, -0.1) is 25.6 Å². The van der Waals surface area contributed by atoms with Crippen molar-refractivity contribution in [2.45, 2.75) is 12.4 Å². The van der Waals surface area contributed by atoms with Crippen LogP contribution >= 0.6 is 12.4 Å². The first-order chi connectivity index (χ1) is 8.96. The highest BCUT2D eigenvalue weighted by Gasteiger charge is 2.31. The van der Waals surface area contributed by atoms with E-state index >= 15 is 0 Å². The Morgan fingerprint density at radius 3 is 2.20 bits per heavy atom. The molecule has 3 nitrogen and oxygen atoms in total. The fourth-order valence-corrected chi connectivity index (χ4v) is 1.63. The summed E-state index contributed by atoms with van der Waals surface area (Å²) >= 11 is 0. The lowest BCUT2D eigenvalue weighted by Gasteiger charge is -2.13. The zero-order valence-electron chi connectivity index (χ0n) is 10.2. The Kier molecular flexibility index (Phi) is 5.35. The summed E-state index contributed by atoms with van der Waals surface area (Å²) in [5.41, 5.74) is 7.46. The number of hydrogen-bond acceptors (Lipinski definition) is 3. The lowest BCUT2D eigenvalue weighted by atomic mass is 10.0. The Morgan fingerprint density at radius 2 is 1.70 bits per heavy atom. The molecule has 0 spiro atoms. The van der Waals surface area contributed by atoms with Crippen LogP contribution < -0.4 is 10.5 Å². The van der Waals surface area contributed by atoms with Gasteiger partial charge in [-0.1, -0.05) is 18.2 Å². The summed E-state index contributed by atoms with van der Waals surface area (Å²) in [6.45, 7) is 0. The fraction of sp³-hybridized carbons (Fsp3) is 0.154. The average Bonchev–Trinajstić information content (AvgIpc) is 2.38.